The van der Waals surface area contributed by atoms with Gasteiger partial charge in [-0.1, -0.05) is 11.8 Å². The summed E-state index contributed by atoms with van der Waals surface area (Å²) in [4.78, 5) is 7.72. The first-order valence-corrected chi connectivity index (χ1v) is 9.50. The Morgan fingerprint density at radius 2 is 1.67 bits per heavy atom. The summed E-state index contributed by atoms with van der Waals surface area (Å²) >= 11 is 20.0. The van der Waals surface area contributed by atoms with Gasteiger partial charge in [0.2, 0.25) is 4.90 Å². The second-order valence-corrected chi connectivity index (χ2v) is 8.82. The molecule has 92 valence electrons. The van der Waals surface area contributed by atoms with Crippen molar-refractivity contribution in [1.82, 2.24) is 0 Å². The summed E-state index contributed by atoms with van der Waals surface area (Å²) in [7, 11) is -0.256. The summed E-state index contributed by atoms with van der Waals surface area (Å²) in [6.07, 6.45) is 0. The summed E-state index contributed by atoms with van der Waals surface area (Å²) in [5.41, 5.74) is 0. The molecule has 0 N–H and O–H groups in total. The third kappa shape index (κ3) is 2.21. The lowest BCUT2D eigenvalue weighted by Crippen LogP contribution is -2.06. The molecule has 0 nitrogen and oxygen atoms in total. The third-order valence-corrected chi connectivity index (χ3v) is 8.10. The number of benzene rings is 2. The van der Waals surface area contributed by atoms with Gasteiger partial charge in [0.15, 0.2) is 4.90 Å². The van der Waals surface area contributed by atoms with E-state index in [9.17, 15) is 0 Å². The van der Waals surface area contributed by atoms with Crippen LogP contribution in [0.2, 0.25) is 0 Å². The fraction of sp³-hybridized carbons (Fsp3) is 0. The van der Waals surface area contributed by atoms with Gasteiger partial charge >= 0.3 is 0 Å². The topological polar surface area (TPSA) is 0 Å². The number of fused-ring (bicyclic) bond motifs is 2. The number of thiol groups is 4. The SMILES string of the molecule is Sc1ccc2c(c1)Sc1c(S)ccc(S)c1[S+]2S. The van der Waals surface area contributed by atoms with Gasteiger partial charge in [-0.25, -0.2) is 0 Å². The Morgan fingerprint density at radius 1 is 0.944 bits per heavy atom. The Labute approximate surface area is 135 Å². The maximum atomic E-state index is 4.78. The second-order valence-electron chi connectivity index (χ2n) is 3.78. The van der Waals surface area contributed by atoms with Crippen LogP contribution in [0.25, 0.3) is 0 Å². The van der Waals surface area contributed by atoms with Crippen molar-refractivity contribution in [2.24, 2.45) is 0 Å². The fourth-order valence-corrected chi connectivity index (χ4v) is 7.56. The highest BCUT2D eigenvalue weighted by atomic mass is 33.1. The number of hydrogen-bond donors (Lipinski definition) is 4. The molecule has 0 radical (unpaired) electrons. The van der Waals surface area contributed by atoms with Gasteiger partial charge in [0.1, 0.15) is 9.93 Å². The van der Waals surface area contributed by atoms with Crippen molar-refractivity contribution >= 4 is 71.2 Å². The van der Waals surface area contributed by atoms with Crippen molar-refractivity contribution in [1.29, 1.82) is 0 Å². The van der Waals surface area contributed by atoms with Crippen molar-refractivity contribution in [2.45, 2.75) is 34.3 Å². The van der Waals surface area contributed by atoms with Crippen LogP contribution in [0.1, 0.15) is 0 Å². The van der Waals surface area contributed by atoms with Crippen molar-refractivity contribution < 1.29 is 0 Å². The first-order valence-electron chi connectivity index (χ1n) is 5.07. The third-order valence-electron chi connectivity index (χ3n) is 2.61. The molecular weight excluding hydrogens is 337 g/mol. The molecule has 1 unspecified atom stereocenters. The lowest BCUT2D eigenvalue weighted by molar-refractivity contribution is 1.00. The minimum atomic E-state index is -0.256. The molecule has 0 fully saturated rings. The highest BCUT2D eigenvalue weighted by Gasteiger charge is 2.36. The first-order chi connectivity index (χ1) is 8.58. The van der Waals surface area contributed by atoms with Gasteiger partial charge in [0, 0.05) is 9.79 Å². The molecule has 6 heteroatoms. The zero-order valence-corrected chi connectivity index (χ0v) is 14.2. The predicted molar refractivity (Wildman–Crippen MR) is 91.6 cm³/mol. The van der Waals surface area contributed by atoms with E-state index in [4.69, 9.17) is 11.7 Å². The average Bonchev–Trinajstić information content (AvgIpc) is 2.33. The van der Waals surface area contributed by atoms with E-state index in [0.29, 0.717) is 0 Å². The molecule has 1 heterocycles. The van der Waals surface area contributed by atoms with Crippen LogP contribution in [0, 0.1) is 0 Å². The van der Waals surface area contributed by atoms with Gasteiger partial charge in [0.25, 0.3) is 0 Å². The quantitative estimate of drug-likeness (QED) is 0.299. The van der Waals surface area contributed by atoms with E-state index >= 15 is 0 Å². The van der Waals surface area contributed by atoms with Crippen LogP contribution in [0.5, 0.6) is 0 Å². The summed E-state index contributed by atoms with van der Waals surface area (Å²) in [6.45, 7) is 0. The smallest absolute Gasteiger partial charge is 0.143 e. The summed E-state index contributed by atoms with van der Waals surface area (Å²) in [6, 6.07) is 10.2. The van der Waals surface area contributed by atoms with Gasteiger partial charge in [-0.3, -0.25) is 0 Å². The van der Waals surface area contributed by atoms with Crippen molar-refractivity contribution in [3.05, 3.63) is 30.3 Å². The molecule has 0 aliphatic carbocycles. The largest absolute Gasteiger partial charge is 0.201 e. The molecule has 1 aliphatic heterocycles. The van der Waals surface area contributed by atoms with E-state index in [0.717, 1.165) is 19.6 Å². The highest BCUT2D eigenvalue weighted by Crippen LogP contribution is 2.51. The molecule has 0 amide bonds. The molecule has 18 heavy (non-hydrogen) atoms. The van der Waals surface area contributed by atoms with Crippen LogP contribution < -0.4 is 0 Å². The van der Waals surface area contributed by atoms with Crippen LogP contribution >= 0.6 is 61.3 Å². The highest BCUT2D eigenvalue weighted by molar-refractivity contribution is 8.66. The number of hydrogen-bond acceptors (Lipinski definition) is 5. The lowest BCUT2D eigenvalue weighted by Gasteiger charge is -2.18. The van der Waals surface area contributed by atoms with Crippen LogP contribution in [-0.4, -0.2) is 0 Å². The van der Waals surface area contributed by atoms with Crippen molar-refractivity contribution in [3.63, 3.8) is 0 Å². The van der Waals surface area contributed by atoms with E-state index in [1.807, 2.05) is 18.2 Å². The molecule has 2 aromatic rings. The first kappa shape index (κ1) is 13.5. The van der Waals surface area contributed by atoms with Crippen LogP contribution in [0.15, 0.2) is 64.6 Å². The normalized spacial score (nSPS) is 17.2. The molecule has 2 aromatic carbocycles. The van der Waals surface area contributed by atoms with E-state index < -0.39 is 0 Å². The maximum absolute atomic E-state index is 4.78. The van der Waals surface area contributed by atoms with Gasteiger partial charge in [0.05, 0.1) is 26.3 Å². The minimum absolute atomic E-state index is 0.256. The van der Waals surface area contributed by atoms with Crippen molar-refractivity contribution in [2.75, 3.05) is 0 Å². The standard InChI is InChI=1S/C12H8S6/c13-6-1-4-10-9(5-6)17-11-7(14)2-3-8(15)12(11)18(10)16/h1-5,16H,(H2-,13,14,15)/p+1. The zero-order valence-electron chi connectivity index (χ0n) is 8.99. The van der Waals surface area contributed by atoms with Gasteiger partial charge in [-0.15, -0.1) is 37.9 Å². The predicted octanol–water partition coefficient (Wildman–Crippen LogP) is 4.90. The molecule has 1 atom stereocenters. The van der Waals surface area contributed by atoms with E-state index in [-0.39, 0.29) is 9.93 Å². The van der Waals surface area contributed by atoms with Gasteiger partial charge < -0.3 is 0 Å². The van der Waals surface area contributed by atoms with Crippen LogP contribution in [-0.2, 0) is 9.93 Å². The Bertz CT molecular complexity index is 637. The van der Waals surface area contributed by atoms with Crippen LogP contribution in [0.3, 0.4) is 0 Å². The molecular formula is C12H9S6+. The average molecular weight is 346 g/mol. The van der Waals surface area contributed by atoms with Crippen molar-refractivity contribution in [3.8, 4) is 0 Å². The Hall–Kier alpha value is 0.540. The Morgan fingerprint density at radius 3 is 2.44 bits per heavy atom. The molecule has 0 saturated heterocycles. The van der Waals surface area contributed by atoms with E-state index in [2.05, 4.69) is 50.0 Å². The lowest BCUT2D eigenvalue weighted by atomic mass is 10.3. The Kier molecular flexibility index (Phi) is 3.86. The van der Waals surface area contributed by atoms with Gasteiger partial charge in [-0.05, 0) is 30.3 Å². The molecule has 0 aromatic heterocycles. The monoisotopic (exact) mass is 345 g/mol. The summed E-state index contributed by atoms with van der Waals surface area (Å²) in [5, 5.41) is 0. The van der Waals surface area contributed by atoms with E-state index in [1.165, 1.54) is 14.7 Å². The summed E-state index contributed by atoms with van der Waals surface area (Å²) in [5.74, 6) is 0. The van der Waals surface area contributed by atoms with Gasteiger partial charge in [-0.2, -0.15) is 0 Å². The summed E-state index contributed by atoms with van der Waals surface area (Å²) < 4.78 is 0. The second kappa shape index (κ2) is 5.14. The zero-order chi connectivity index (χ0) is 12.9. The molecule has 0 bridgehead atoms. The Balaban J connectivity index is 2.25. The molecule has 0 saturated carbocycles. The molecule has 1 aliphatic rings. The molecule has 3 rings (SSSR count). The maximum Gasteiger partial charge on any atom is 0.201 e. The number of rotatable bonds is 0. The minimum Gasteiger partial charge on any atom is -0.143 e. The van der Waals surface area contributed by atoms with E-state index in [1.54, 1.807) is 11.8 Å². The molecule has 0 spiro atoms. The van der Waals surface area contributed by atoms with Crippen LogP contribution in [0.4, 0.5) is 0 Å². The fourth-order valence-electron chi connectivity index (χ4n) is 1.78.